The molecule has 0 spiro atoms. The summed E-state index contributed by atoms with van der Waals surface area (Å²) in [5, 5.41) is 2.57. The molecule has 0 saturated heterocycles. The number of nitrogens with one attached hydrogen (secondary N) is 1. The first-order valence-corrected chi connectivity index (χ1v) is 9.41. The molecule has 7 nitrogen and oxygen atoms in total. The molecule has 1 fully saturated rings. The van der Waals surface area contributed by atoms with Crippen molar-refractivity contribution >= 4 is 23.5 Å². The summed E-state index contributed by atoms with van der Waals surface area (Å²) in [7, 11) is 1.44. The van der Waals surface area contributed by atoms with Gasteiger partial charge >= 0.3 is 5.97 Å². The standard InChI is InChI=1S/C21H24FN3O4/c1-13-10-18(14(2)25(13)17-8-9-17)21(28)29-12-20(27)24(3)11-19(26)23-16-6-4-15(22)5-7-16/h4-7,10,17H,8-9,11-12H2,1-3H3,(H,23,26). The van der Waals surface area contributed by atoms with Crippen LogP contribution in [0, 0.1) is 19.7 Å². The first-order valence-electron chi connectivity index (χ1n) is 9.41. The summed E-state index contributed by atoms with van der Waals surface area (Å²) in [4.78, 5) is 37.8. The first kappa shape index (κ1) is 20.6. The number of esters is 1. The number of benzene rings is 1. The lowest BCUT2D eigenvalue weighted by molar-refractivity contribution is -0.136. The second-order valence-corrected chi connectivity index (χ2v) is 7.27. The van der Waals surface area contributed by atoms with Crippen LogP contribution in [0.5, 0.6) is 0 Å². The van der Waals surface area contributed by atoms with Crippen LogP contribution in [0.25, 0.3) is 0 Å². The van der Waals surface area contributed by atoms with Crippen LogP contribution >= 0.6 is 0 Å². The zero-order valence-corrected chi connectivity index (χ0v) is 16.7. The van der Waals surface area contributed by atoms with Crippen molar-refractivity contribution in [2.24, 2.45) is 0 Å². The number of likely N-dealkylation sites (N-methyl/N-ethyl adjacent to an activating group) is 1. The number of carbonyl (C=O) groups is 3. The van der Waals surface area contributed by atoms with Gasteiger partial charge in [0.05, 0.1) is 12.1 Å². The molecule has 29 heavy (non-hydrogen) atoms. The number of hydrogen-bond acceptors (Lipinski definition) is 4. The second kappa shape index (κ2) is 8.46. The van der Waals surface area contributed by atoms with Gasteiger partial charge in [-0.3, -0.25) is 9.59 Å². The molecule has 0 atom stereocenters. The third-order valence-electron chi connectivity index (χ3n) is 4.88. The van der Waals surface area contributed by atoms with E-state index in [1.165, 1.54) is 36.2 Å². The Balaban J connectivity index is 1.49. The normalized spacial score (nSPS) is 13.1. The van der Waals surface area contributed by atoms with Crippen LogP contribution in [0.3, 0.4) is 0 Å². The quantitative estimate of drug-likeness (QED) is 0.724. The van der Waals surface area contributed by atoms with Crippen LogP contribution in [0.2, 0.25) is 0 Å². The molecule has 2 amide bonds. The van der Waals surface area contributed by atoms with E-state index in [2.05, 4.69) is 9.88 Å². The SMILES string of the molecule is Cc1cc(C(=O)OCC(=O)N(C)CC(=O)Nc2ccc(F)cc2)c(C)n1C1CC1. The van der Waals surface area contributed by atoms with Crippen molar-refractivity contribution < 1.29 is 23.5 Å². The Labute approximate surface area is 168 Å². The first-order chi connectivity index (χ1) is 13.8. The van der Waals surface area contributed by atoms with Gasteiger partial charge in [-0.1, -0.05) is 0 Å². The molecule has 1 heterocycles. The minimum atomic E-state index is -0.553. The summed E-state index contributed by atoms with van der Waals surface area (Å²) >= 11 is 0. The predicted molar refractivity (Wildman–Crippen MR) is 105 cm³/mol. The minimum absolute atomic E-state index is 0.218. The maximum atomic E-state index is 12.9. The van der Waals surface area contributed by atoms with Gasteiger partial charge in [0.25, 0.3) is 5.91 Å². The number of aryl methyl sites for hydroxylation is 1. The average Bonchev–Trinajstić information content (AvgIpc) is 3.45. The predicted octanol–water partition coefficient (Wildman–Crippen LogP) is 2.83. The van der Waals surface area contributed by atoms with Gasteiger partial charge in [-0.2, -0.15) is 0 Å². The van der Waals surface area contributed by atoms with E-state index in [0.717, 1.165) is 24.2 Å². The Hall–Kier alpha value is -3.16. The van der Waals surface area contributed by atoms with Gasteiger partial charge in [0.2, 0.25) is 5.91 Å². The van der Waals surface area contributed by atoms with E-state index in [1.807, 2.05) is 13.8 Å². The highest BCUT2D eigenvalue weighted by Gasteiger charge is 2.29. The monoisotopic (exact) mass is 401 g/mol. The number of rotatable bonds is 7. The summed E-state index contributed by atoms with van der Waals surface area (Å²) in [6, 6.07) is 7.53. The highest BCUT2D eigenvalue weighted by molar-refractivity contribution is 5.95. The van der Waals surface area contributed by atoms with Crippen LogP contribution in [0.1, 0.15) is 40.6 Å². The Morgan fingerprint density at radius 2 is 1.86 bits per heavy atom. The zero-order valence-electron chi connectivity index (χ0n) is 16.7. The zero-order chi connectivity index (χ0) is 21.1. The Bertz CT molecular complexity index is 932. The Morgan fingerprint density at radius 3 is 2.48 bits per heavy atom. The maximum absolute atomic E-state index is 12.9. The number of anilines is 1. The van der Waals surface area contributed by atoms with Crippen LogP contribution in [0.4, 0.5) is 10.1 Å². The van der Waals surface area contributed by atoms with Crippen LogP contribution in [0.15, 0.2) is 30.3 Å². The fourth-order valence-electron chi connectivity index (χ4n) is 3.23. The summed E-state index contributed by atoms with van der Waals surface area (Å²) < 4.78 is 20.2. The fourth-order valence-corrected chi connectivity index (χ4v) is 3.23. The molecule has 0 unspecified atom stereocenters. The van der Waals surface area contributed by atoms with Crippen molar-refractivity contribution in [3.8, 4) is 0 Å². The summed E-state index contributed by atoms with van der Waals surface area (Å²) in [5.41, 5.74) is 2.72. The van der Waals surface area contributed by atoms with Crippen LogP contribution in [-0.4, -0.2) is 47.4 Å². The van der Waals surface area contributed by atoms with Crippen molar-refractivity contribution in [2.45, 2.75) is 32.7 Å². The van der Waals surface area contributed by atoms with Gasteiger partial charge in [0, 0.05) is 30.2 Å². The van der Waals surface area contributed by atoms with E-state index in [1.54, 1.807) is 6.07 Å². The van der Waals surface area contributed by atoms with E-state index in [-0.39, 0.29) is 6.54 Å². The van der Waals surface area contributed by atoms with E-state index >= 15 is 0 Å². The molecule has 154 valence electrons. The number of ether oxygens (including phenoxy) is 1. The van der Waals surface area contributed by atoms with E-state index in [9.17, 15) is 18.8 Å². The van der Waals surface area contributed by atoms with Crippen LogP contribution < -0.4 is 5.32 Å². The van der Waals surface area contributed by atoms with Crippen LogP contribution in [-0.2, 0) is 14.3 Å². The molecule has 1 aromatic heterocycles. The topological polar surface area (TPSA) is 80.6 Å². The van der Waals surface area contributed by atoms with Gasteiger partial charge in [-0.15, -0.1) is 0 Å². The lowest BCUT2D eigenvalue weighted by Crippen LogP contribution is -2.37. The average molecular weight is 401 g/mol. The number of nitrogens with zero attached hydrogens (tertiary/aromatic N) is 2. The summed E-state index contributed by atoms with van der Waals surface area (Å²) in [6.45, 7) is 3.15. The van der Waals surface area contributed by atoms with Gasteiger partial charge in [0.1, 0.15) is 5.82 Å². The largest absolute Gasteiger partial charge is 0.452 e. The molecule has 0 radical (unpaired) electrons. The van der Waals surface area contributed by atoms with Crippen molar-refractivity contribution in [1.29, 1.82) is 0 Å². The van der Waals surface area contributed by atoms with Crippen molar-refractivity contribution in [3.63, 3.8) is 0 Å². The third-order valence-corrected chi connectivity index (χ3v) is 4.88. The number of aromatic nitrogens is 1. The van der Waals surface area contributed by atoms with Gasteiger partial charge in [0.15, 0.2) is 6.61 Å². The molecule has 3 rings (SSSR count). The Morgan fingerprint density at radius 1 is 1.21 bits per heavy atom. The third kappa shape index (κ3) is 5.01. The lowest BCUT2D eigenvalue weighted by atomic mass is 10.2. The molecule has 0 aliphatic heterocycles. The van der Waals surface area contributed by atoms with E-state index < -0.39 is 30.2 Å². The maximum Gasteiger partial charge on any atom is 0.340 e. The van der Waals surface area contributed by atoms with Gasteiger partial charge in [-0.05, 0) is 57.0 Å². The molecular weight excluding hydrogens is 377 g/mol. The Kier molecular flexibility index (Phi) is 6.00. The highest BCUT2D eigenvalue weighted by atomic mass is 19.1. The fraction of sp³-hybridized carbons (Fsp3) is 0.381. The van der Waals surface area contributed by atoms with Gasteiger partial charge in [-0.25, -0.2) is 9.18 Å². The van der Waals surface area contributed by atoms with Crippen molar-refractivity contribution in [3.05, 3.63) is 53.1 Å². The molecule has 1 aliphatic carbocycles. The van der Waals surface area contributed by atoms with E-state index in [4.69, 9.17) is 4.74 Å². The van der Waals surface area contributed by atoms with Crippen molar-refractivity contribution in [2.75, 3.05) is 25.5 Å². The highest BCUT2D eigenvalue weighted by Crippen LogP contribution is 2.38. The molecule has 1 N–H and O–H groups in total. The lowest BCUT2D eigenvalue weighted by Gasteiger charge is -2.17. The molecule has 1 aliphatic rings. The molecule has 1 aromatic carbocycles. The molecule has 0 bridgehead atoms. The van der Waals surface area contributed by atoms with Crippen molar-refractivity contribution in [1.82, 2.24) is 9.47 Å². The second-order valence-electron chi connectivity index (χ2n) is 7.27. The van der Waals surface area contributed by atoms with E-state index in [0.29, 0.717) is 17.3 Å². The molecule has 8 heteroatoms. The minimum Gasteiger partial charge on any atom is -0.452 e. The number of amides is 2. The molecule has 2 aromatic rings. The molecular formula is C21H24FN3O4. The van der Waals surface area contributed by atoms with Gasteiger partial charge < -0.3 is 19.5 Å². The summed E-state index contributed by atoms with van der Waals surface area (Å²) in [6.07, 6.45) is 2.21. The number of carbonyl (C=O) groups excluding carboxylic acids is 3. The summed E-state index contributed by atoms with van der Waals surface area (Å²) in [5.74, 6) is -1.90. The number of halogens is 1. The smallest absolute Gasteiger partial charge is 0.340 e. The number of hydrogen-bond donors (Lipinski definition) is 1. The molecule has 1 saturated carbocycles.